The second-order valence-corrected chi connectivity index (χ2v) is 1.56. The molecular formula is C5H8Br2O. The van der Waals surface area contributed by atoms with Crippen LogP contribution in [0, 0.1) is 0 Å². The van der Waals surface area contributed by atoms with Crippen molar-refractivity contribution in [2.24, 2.45) is 0 Å². The van der Waals surface area contributed by atoms with E-state index in [1.807, 2.05) is 0 Å². The molecule has 48 valence electrons. The maximum Gasteiger partial charge on any atom is 0.143 e. The molecule has 0 aliphatic heterocycles. The topological polar surface area (TPSA) is 17.1 Å². The predicted octanol–water partition coefficient (Wildman–Crippen LogP) is 2.13. The van der Waals surface area contributed by atoms with Crippen molar-refractivity contribution >= 4 is 37.6 Å². The maximum absolute atomic E-state index is 11.4. The van der Waals surface area contributed by atoms with Crippen molar-refractivity contribution in [2.45, 2.75) is 12.7 Å². The third kappa shape index (κ3) is 4.78. The van der Waals surface area contributed by atoms with E-state index in [-0.39, 0.29) is 0 Å². The summed E-state index contributed by atoms with van der Waals surface area (Å²) in [5, 5.41) is -5.57. The molecule has 0 saturated heterocycles. The number of Topliss-reactive ketones (excluding diaryl/α,β-unsaturated/α-hetero) is 1. The van der Waals surface area contributed by atoms with Crippen LogP contribution in [0.1, 0.15) is 23.7 Å². The molecule has 0 N–H and O–H groups in total. The molecule has 0 aliphatic carbocycles. The minimum atomic E-state index is -3.33. The van der Waals surface area contributed by atoms with E-state index in [0.717, 1.165) is 0 Å². The van der Waals surface area contributed by atoms with Gasteiger partial charge in [0.2, 0.25) is 0 Å². The van der Waals surface area contributed by atoms with Gasteiger partial charge in [0, 0.05) is 22.6 Å². The van der Waals surface area contributed by atoms with Gasteiger partial charge in [-0.2, -0.15) is 0 Å². The molecule has 0 radical (unpaired) electrons. The Kier molecular flexibility index (Phi) is 1.48. The molecule has 0 spiro atoms. The molecule has 0 aromatic heterocycles. The van der Waals surface area contributed by atoms with Crippen LogP contribution in [0.25, 0.3) is 0 Å². The first-order chi connectivity index (χ1) is 6.65. The fraction of sp³-hybridized carbons (Fsp3) is 0.800. The lowest BCUT2D eigenvalue weighted by atomic mass is 10.3. The fourth-order valence-corrected chi connectivity index (χ4v) is 0.302. The number of halogens is 2. The van der Waals surface area contributed by atoms with Gasteiger partial charge >= 0.3 is 0 Å². The summed E-state index contributed by atoms with van der Waals surface area (Å²) in [5.41, 5.74) is 0. The van der Waals surface area contributed by atoms with Crippen molar-refractivity contribution < 1.29 is 15.8 Å². The molecule has 0 bridgehead atoms. The molecule has 0 aromatic rings. The highest BCUT2D eigenvalue weighted by atomic mass is 79.9. The van der Waals surface area contributed by atoms with E-state index >= 15 is 0 Å². The van der Waals surface area contributed by atoms with E-state index in [9.17, 15) is 4.79 Å². The van der Waals surface area contributed by atoms with Crippen LogP contribution in [0.4, 0.5) is 0 Å². The van der Waals surface area contributed by atoms with E-state index in [1.165, 1.54) is 0 Å². The normalized spacial score (nSPS) is 31.2. The Morgan fingerprint density at radius 1 is 1.62 bits per heavy atom. The van der Waals surface area contributed by atoms with Gasteiger partial charge in [-0.05, 0) is 6.37 Å². The first-order valence-corrected chi connectivity index (χ1v) is 3.17. The van der Waals surface area contributed by atoms with Crippen LogP contribution < -0.4 is 0 Å². The molecule has 3 heteroatoms. The van der Waals surface area contributed by atoms with Gasteiger partial charge in [-0.15, -0.1) is 0 Å². The van der Waals surface area contributed by atoms with Gasteiger partial charge in [0.25, 0.3) is 0 Å². The fourth-order valence-electron chi connectivity index (χ4n) is 0.104. The number of hydrogen-bond acceptors (Lipinski definition) is 1. The Morgan fingerprint density at radius 3 is 2.62 bits per heavy atom. The zero-order valence-corrected chi connectivity index (χ0v) is 6.84. The van der Waals surface area contributed by atoms with Gasteiger partial charge < -0.3 is 0 Å². The summed E-state index contributed by atoms with van der Waals surface area (Å²) in [4.78, 5) is 11.4. The van der Waals surface area contributed by atoms with Crippen molar-refractivity contribution in [1.82, 2.24) is 0 Å². The quantitative estimate of drug-likeness (QED) is 0.700. The van der Waals surface area contributed by atoms with Crippen LogP contribution in [0.15, 0.2) is 0 Å². The molecule has 0 amide bonds. The Bertz CT molecular complexity index is 290. The molecule has 8 heavy (non-hydrogen) atoms. The minimum absolute atomic E-state index is 1.71. The second-order valence-electron chi connectivity index (χ2n) is 0.768. The van der Waals surface area contributed by atoms with Crippen molar-refractivity contribution in [2.75, 3.05) is 10.6 Å². The van der Waals surface area contributed by atoms with Crippen molar-refractivity contribution in [3.05, 3.63) is 0 Å². The molecule has 0 rings (SSSR count). The van der Waals surface area contributed by atoms with Crippen molar-refractivity contribution in [3.63, 3.8) is 0 Å². The second kappa shape index (κ2) is 5.76. The first-order valence-electron chi connectivity index (χ1n) is 5.58. The van der Waals surface area contributed by atoms with E-state index in [2.05, 4.69) is 31.9 Å². The third-order valence-corrected chi connectivity index (χ3v) is 0.867. The van der Waals surface area contributed by atoms with Gasteiger partial charge in [-0.25, -0.2) is 0 Å². The van der Waals surface area contributed by atoms with Crippen LogP contribution in [0.5, 0.6) is 0 Å². The van der Waals surface area contributed by atoms with Gasteiger partial charge in [-0.3, -0.25) is 4.79 Å². The van der Waals surface area contributed by atoms with Gasteiger partial charge in [-0.1, -0.05) is 31.9 Å². The van der Waals surface area contributed by atoms with Crippen molar-refractivity contribution in [1.29, 1.82) is 0 Å². The Balaban J connectivity index is 5.46. The molecule has 0 aromatic carbocycles. The molecule has 0 saturated carbocycles. The average molecular weight is 252 g/mol. The summed E-state index contributed by atoms with van der Waals surface area (Å²) in [6.07, 6.45) is -6.55. The summed E-state index contributed by atoms with van der Waals surface area (Å²) in [7, 11) is 0. The molecule has 0 aliphatic rings. The minimum Gasteiger partial charge on any atom is -0.299 e. The smallest absolute Gasteiger partial charge is 0.143 e. The number of hydrogen-bond donors (Lipinski definition) is 0. The molecule has 0 heterocycles. The van der Waals surface area contributed by atoms with Crippen LogP contribution in [-0.2, 0) is 4.79 Å². The summed E-state index contributed by atoms with van der Waals surface area (Å²) >= 11 is 4.58. The number of carbonyl (C=O) groups is 1. The highest BCUT2D eigenvalue weighted by Gasteiger charge is 1.95. The molecule has 0 unspecified atom stereocenters. The lowest BCUT2D eigenvalue weighted by Crippen LogP contribution is -1.97. The van der Waals surface area contributed by atoms with Gasteiger partial charge in [0.1, 0.15) is 5.78 Å². The largest absolute Gasteiger partial charge is 0.299 e. The van der Waals surface area contributed by atoms with Crippen LogP contribution >= 0.6 is 31.9 Å². The first kappa shape index (κ1) is 2.06. The SMILES string of the molecule is [2H]C([2H])(Br)C(=O)C([2H])([2H])C([2H])([2H])C([2H])([2H])Br. The highest BCUT2D eigenvalue weighted by Crippen LogP contribution is 1.96. The predicted molar refractivity (Wildman–Crippen MR) is 41.8 cm³/mol. The number of carbonyl (C=O) groups excluding carboxylic acids is 1. The Labute approximate surface area is 77.3 Å². The lowest BCUT2D eigenvalue weighted by Gasteiger charge is -1.89. The van der Waals surface area contributed by atoms with Crippen molar-refractivity contribution in [3.8, 4) is 0 Å². The van der Waals surface area contributed by atoms with E-state index in [4.69, 9.17) is 11.0 Å². The van der Waals surface area contributed by atoms with Crippen LogP contribution in [0.2, 0.25) is 0 Å². The molecule has 0 fully saturated rings. The number of rotatable bonds is 4. The van der Waals surface area contributed by atoms with Crippen LogP contribution in [-0.4, -0.2) is 16.3 Å². The number of ketones is 1. The number of alkyl halides is 2. The summed E-state index contributed by atoms with van der Waals surface area (Å²) in [6.45, 7) is 0. The average Bonchev–Trinajstić information content (AvgIpc) is 1.98. The van der Waals surface area contributed by atoms with Gasteiger partial charge in [0.15, 0.2) is 0 Å². The maximum atomic E-state index is 11.4. The zero-order chi connectivity index (χ0) is 13.6. The summed E-state index contributed by atoms with van der Waals surface area (Å²) in [5.74, 6) is -1.71. The summed E-state index contributed by atoms with van der Waals surface area (Å²) < 4.78 is 57.1. The summed E-state index contributed by atoms with van der Waals surface area (Å²) in [6, 6.07) is 0. The van der Waals surface area contributed by atoms with E-state index in [1.54, 1.807) is 0 Å². The Morgan fingerprint density at radius 2 is 2.25 bits per heavy atom. The molecular weight excluding hydrogens is 236 g/mol. The monoisotopic (exact) mass is 250 g/mol. The zero-order valence-electron chi connectivity index (χ0n) is 11.7. The lowest BCUT2D eigenvalue weighted by molar-refractivity contribution is -0.116. The van der Waals surface area contributed by atoms with Crippen LogP contribution in [0.3, 0.4) is 0 Å². The molecule has 1 nitrogen and oxygen atoms in total. The van der Waals surface area contributed by atoms with Gasteiger partial charge in [0.05, 0.1) is 5.28 Å². The Hall–Kier alpha value is 0.630. The highest BCUT2D eigenvalue weighted by molar-refractivity contribution is 9.09. The third-order valence-electron chi connectivity index (χ3n) is 0.309. The standard InChI is InChI=1S/C5H8Br2O/c6-3-1-2-5(8)4-7/h1-4H2/i1D2,2D2,3D2,4D2. The van der Waals surface area contributed by atoms with E-state index in [0.29, 0.717) is 0 Å². The molecule has 0 atom stereocenters. The van der Waals surface area contributed by atoms with E-state index < -0.39 is 29.1 Å².